The number of likely N-dealkylation sites (tertiary alicyclic amines) is 1. The minimum absolute atomic E-state index is 0.107. The van der Waals surface area contributed by atoms with Crippen molar-refractivity contribution in [3.8, 4) is 0 Å². The fourth-order valence-corrected chi connectivity index (χ4v) is 4.01. The van der Waals surface area contributed by atoms with Crippen LogP contribution in [0.2, 0.25) is 0 Å². The van der Waals surface area contributed by atoms with Gasteiger partial charge in [-0.25, -0.2) is 0 Å². The zero-order valence-corrected chi connectivity index (χ0v) is 15.3. The van der Waals surface area contributed by atoms with Crippen LogP contribution >= 0.6 is 11.8 Å². The number of hydrogen-bond donors (Lipinski definition) is 2. The SMILES string of the molecule is CCSc1ccccc1[C@@H](C)NC1CCN(CC(=O)NC)CC1. The summed E-state index contributed by atoms with van der Waals surface area (Å²) in [6.07, 6.45) is 2.20. The fourth-order valence-electron chi connectivity index (χ4n) is 3.11. The van der Waals surface area contributed by atoms with Crippen molar-refractivity contribution >= 4 is 17.7 Å². The van der Waals surface area contributed by atoms with Gasteiger partial charge >= 0.3 is 0 Å². The Morgan fingerprint density at radius 1 is 1.35 bits per heavy atom. The molecule has 0 aliphatic carbocycles. The van der Waals surface area contributed by atoms with Gasteiger partial charge in [0, 0.05) is 37.1 Å². The lowest BCUT2D eigenvalue weighted by atomic mass is 10.0. The molecule has 1 amide bonds. The van der Waals surface area contributed by atoms with Crippen molar-refractivity contribution in [1.82, 2.24) is 15.5 Å². The van der Waals surface area contributed by atoms with Gasteiger partial charge in [-0.2, -0.15) is 0 Å². The standard InChI is InChI=1S/C18H29N3OS/c1-4-23-17-8-6-5-7-16(17)14(2)20-15-9-11-21(12-10-15)13-18(22)19-3/h5-8,14-15,20H,4,9-13H2,1-3H3,(H,19,22)/t14-/m1/s1. The molecule has 1 heterocycles. The first-order valence-corrected chi connectivity index (χ1v) is 9.53. The monoisotopic (exact) mass is 335 g/mol. The van der Waals surface area contributed by atoms with E-state index >= 15 is 0 Å². The van der Waals surface area contributed by atoms with Crippen LogP contribution in [0.4, 0.5) is 0 Å². The predicted octanol–water partition coefficient (Wildman–Crippen LogP) is 2.66. The van der Waals surface area contributed by atoms with E-state index in [0.717, 1.165) is 31.7 Å². The minimum atomic E-state index is 0.107. The number of nitrogens with one attached hydrogen (secondary N) is 2. The van der Waals surface area contributed by atoms with Gasteiger partial charge in [-0.3, -0.25) is 9.69 Å². The molecule has 2 N–H and O–H groups in total. The number of benzene rings is 1. The highest BCUT2D eigenvalue weighted by Gasteiger charge is 2.22. The average molecular weight is 336 g/mol. The Labute approximate surface area is 144 Å². The van der Waals surface area contributed by atoms with Gasteiger partial charge in [0.1, 0.15) is 0 Å². The van der Waals surface area contributed by atoms with E-state index in [4.69, 9.17) is 0 Å². The molecule has 0 bridgehead atoms. The Kier molecular flexibility index (Phi) is 7.40. The minimum Gasteiger partial charge on any atom is -0.358 e. The van der Waals surface area contributed by atoms with Crippen molar-refractivity contribution < 1.29 is 4.79 Å². The molecule has 0 radical (unpaired) electrons. The van der Waals surface area contributed by atoms with Crippen LogP contribution in [0.1, 0.15) is 38.3 Å². The second-order valence-electron chi connectivity index (χ2n) is 6.08. The Morgan fingerprint density at radius 2 is 2.04 bits per heavy atom. The van der Waals surface area contributed by atoms with Crippen molar-refractivity contribution in [1.29, 1.82) is 0 Å². The maximum Gasteiger partial charge on any atom is 0.233 e. The van der Waals surface area contributed by atoms with Crippen LogP contribution in [0.5, 0.6) is 0 Å². The first kappa shape index (κ1) is 18.3. The maximum absolute atomic E-state index is 11.5. The van der Waals surface area contributed by atoms with E-state index in [1.165, 1.54) is 10.5 Å². The Balaban J connectivity index is 1.85. The number of nitrogens with zero attached hydrogens (tertiary/aromatic N) is 1. The van der Waals surface area contributed by atoms with Crippen LogP contribution in [-0.2, 0) is 4.79 Å². The molecule has 2 rings (SSSR count). The number of piperidine rings is 1. The van der Waals surface area contributed by atoms with E-state index in [0.29, 0.717) is 18.6 Å². The average Bonchev–Trinajstić information content (AvgIpc) is 2.57. The van der Waals surface area contributed by atoms with Crippen LogP contribution < -0.4 is 10.6 Å². The Bertz CT molecular complexity index is 501. The van der Waals surface area contributed by atoms with Gasteiger partial charge in [0.25, 0.3) is 0 Å². The summed E-state index contributed by atoms with van der Waals surface area (Å²) in [7, 11) is 1.70. The summed E-state index contributed by atoms with van der Waals surface area (Å²) in [6, 6.07) is 9.58. The topological polar surface area (TPSA) is 44.4 Å². The number of likely N-dealkylation sites (N-methyl/N-ethyl adjacent to an activating group) is 1. The number of thioether (sulfide) groups is 1. The van der Waals surface area contributed by atoms with E-state index in [2.05, 4.69) is 53.6 Å². The number of carbonyl (C=O) groups is 1. The van der Waals surface area contributed by atoms with E-state index in [9.17, 15) is 4.79 Å². The molecule has 0 spiro atoms. The summed E-state index contributed by atoms with van der Waals surface area (Å²) < 4.78 is 0. The highest BCUT2D eigenvalue weighted by atomic mass is 32.2. The highest BCUT2D eigenvalue weighted by Crippen LogP contribution is 2.28. The molecule has 1 saturated heterocycles. The summed E-state index contributed by atoms with van der Waals surface area (Å²) in [5.41, 5.74) is 1.40. The molecule has 23 heavy (non-hydrogen) atoms. The third-order valence-electron chi connectivity index (χ3n) is 4.40. The Morgan fingerprint density at radius 3 is 2.70 bits per heavy atom. The largest absolute Gasteiger partial charge is 0.358 e. The van der Waals surface area contributed by atoms with Gasteiger partial charge in [0.05, 0.1) is 6.54 Å². The second kappa shape index (κ2) is 9.30. The molecule has 5 heteroatoms. The third-order valence-corrected chi connectivity index (χ3v) is 5.38. The molecule has 1 fully saturated rings. The molecule has 1 aromatic rings. The molecular formula is C18H29N3OS. The number of hydrogen-bond acceptors (Lipinski definition) is 4. The van der Waals surface area contributed by atoms with E-state index < -0.39 is 0 Å². The third kappa shape index (κ3) is 5.52. The fraction of sp³-hybridized carbons (Fsp3) is 0.611. The number of amides is 1. The van der Waals surface area contributed by atoms with Crippen molar-refractivity contribution in [3.05, 3.63) is 29.8 Å². The van der Waals surface area contributed by atoms with Crippen LogP contribution in [0, 0.1) is 0 Å². The van der Waals surface area contributed by atoms with Gasteiger partial charge in [-0.15, -0.1) is 11.8 Å². The zero-order valence-electron chi connectivity index (χ0n) is 14.5. The summed E-state index contributed by atoms with van der Waals surface area (Å²) in [6.45, 7) is 6.95. The van der Waals surface area contributed by atoms with Crippen molar-refractivity contribution in [2.75, 3.05) is 32.4 Å². The summed E-state index contributed by atoms with van der Waals surface area (Å²) in [5.74, 6) is 1.21. The first-order valence-electron chi connectivity index (χ1n) is 8.54. The normalized spacial score (nSPS) is 17.9. The van der Waals surface area contributed by atoms with Crippen LogP contribution in [0.3, 0.4) is 0 Å². The first-order chi connectivity index (χ1) is 11.1. The Hall–Kier alpha value is -1.04. The second-order valence-corrected chi connectivity index (χ2v) is 7.39. The van der Waals surface area contributed by atoms with Crippen molar-refractivity contribution in [3.63, 3.8) is 0 Å². The van der Waals surface area contributed by atoms with Crippen LogP contribution in [-0.4, -0.2) is 49.3 Å². The lowest BCUT2D eigenvalue weighted by Gasteiger charge is -2.33. The molecular weight excluding hydrogens is 306 g/mol. The highest BCUT2D eigenvalue weighted by molar-refractivity contribution is 7.99. The molecule has 1 aliphatic heterocycles. The van der Waals surface area contributed by atoms with Crippen molar-refractivity contribution in [2.24, 2.45) is 0 Å². The molecule has 0 aromatic heterocycles. The summed E-state index contributed by atoms with van der Waals surface area (Å²) in [5, 5.41) is 6.48. The van der Waals surface area contributed by atoms with Gasteiger partial charge in [-0.05, 0) is 37.1 Å². The molecule has 1 aromatic carbocycles. The molecule has 1 atom stereocenters. The zero-order chi connectivity index (χ0) is 16.7. The summed E-state index contributed by atoms with van der Waals surface area (Å²) in [4.78, 5) is 15.1. The number of carbonyl (C=O) groups excluding carboxylic acids is 1. The maximum atomic E-state index is 11.5. The van der Waals surface area contributed by atoms with Gasteiger partial charge in [0.2, 0.25) is 5.91 Å². The molecule has 0 unspecified atom stereocenters. The van der Waals surface area contributed by atoms with E-state index in [1.54, 1.807) is 7.05 Å². The molecule has 4 nitrogen and oxygen atoms in total. The predicted molar refractivity (Wildman–Crippen MR) is 97.9 cm³/mol. The van der Waals surface area contributed by atoms with E-state index in [1.807, 2.05) is 11.8 Å². The lowest BCUT2D eigenvalue weighted by Crippen LogP contribution is -2.46. The number of rotatable bonds is 7. The van der Waals surface area contributed by atoms with Crippen LogP contribution in [0.15, 0.2) is 29.2 Å². The van der Waals surface area contributed by atoms with Gasteiger partial charge in [-0.1, -0.05) is 25.1 Å². The molecule has 1 aliphatic rings. The smallest absolute Gasteiger partial charge is 0.233 e. The van der Waals surface area contributed by atoms with Crippen molar-refractivity contribution in [2.45, 2.75) is 43.7 Å². The molecule has 128 valence electrons. The summed E-state index contributed by atoms with van der Waals surface area (Å²) >= 11 is 1.91. The van der Waals surface area contributed by atoms with E-state index in [-0.39, 0.29) is 5.91 Å². The molecule has 0 saturated carbocycles. The van der Waals surface area contributed by atoms with Gasteiger partial charge < -0.3 is 10.6 Å². The van der Waals surface area contributed by atoms with Gasteiger partial charge in [0.15, 0.2) is 0 Å². The van der Waals surface area contributed by atoms with Crippen LogP contribution in [0.25, 0.3) is 0 Å². The lowest BCUT2D eigenvalue weighted by molar-refractivity contribution is -0.122. The quantitative estimate of drug-likeness (QED) is 0.752.